The number of aromatic carboxylic acids is 1. The third-order valence-electron chi connectivity index (χ3n) is 4.86. The van der Waals surface area contributed by atoms with Crippen molar-refractivity contribution in [3.63, 3.8) is 0 Å². The minimum absolute atomic E-state index is 0.129. The monoisotopic (exact) mass is 555 g/mol. The number of nitro groups is 1. The maximum Gasteiger partial charge on any atom is 0.335 e. The zero-order chi connectivity index (χ0) is 26.1. The molecule has 0 saturated heterocycles. The standard InChI is InChI=1S/C25H22BrN3O7/c1-2-35-22-12-17(14-27-28-23(30)13-19-5-3-4-6-21(19)29(33)34)11-20(26)24(22)36-15-16-7-9-18(10-8-16)25(31)32/h3-12,14H,2,13,15H2,1H3,(H,28,30)(H,31,32)/b27-14+. The van der Waals surface area contributed by atoms with Gasteiger partial charge in [-0.25, -0.2) is 10.2 Å². The molecular formula is C25H22BrN3O7. The van der Waals surface area contributed by atoms with Crippen LogP contribution in [0.5, 0.6) is 11.5 Å². The summed E-state index contributed by atoms with van der Waals surface area (Å²) >= 11 is 3.46. The average molecular weight is 556 g/mol. The lowest BCUT2D eigenvalue weighted by molar-refractivity contribution is -0.385. The van der Waals surface area contributed by atoms with Gasteiger partial charge in [0.05, 0.1) is 34.2 Å². The second kappa shape index (κ2) is 12.5. The third kappa shape index (κ3) is 7.12. The normalized spacial score (nSPS) is 10.7. The number of carbonyl (C=O) groups is 2. The number of benzene rings is 3. The molecule has 0 fully saturated rings. The number of carboxylic acid groups (broad SMARTS) is 1. The van der Waals surface area contributed by atoms with Crippen molar-refractivity contribution in [2.24, 2.45) is 5.10 Å². The maximum absolute atomic E-state index is 12.2. The van der Waals surface area contributed by atoms with Crippen LogP contribution in [0.3, 0.4) is 0 Å². The molecule has 36 heavy (non-hydrogen) atoms. The van der Waals surface area contributed by atoms with Gasteiger partial charge in [0.2, 0.25) is 5.91 Å². The average Bonchev–Trinajstić information content (AvgIpc) is 2.84. The van der Waals surface area contributed by atoms with Gasteiger partial charge in [0.1, 0.15) is 6.61 Å². The Labute approximate surface area is 214 Å². The van der Waals surface area contributed by atoms with Crippen molar-refractivity contribution in [3.8, 4) is 11.5 Å². The topological polar surface area (TPSA) is 140 Å². The summed E-state index contributed by atoms with van der Waals surface area (Å²) in [4.78, 5) is 33.8. The highest BCUT2D eigenvalue weighted by molar-refractivity contribution is 9.10. The van der Waals surface area contributed by atoms with E-state index in [4.69, 9.17) is 14.6 Å². The van der Waals surface area contributed by atoms with Gasteiger partial charge < -0.3 is 14.6 Å². The fourth-order valence-electron chi connectivity index (χ4n) is 3.19. The van der Waals surface area contributed by atoms with E-state index in [2.05, 4.69) is 26.5 Å². The molecule has 0 atom stereocenters. The number of ether oxygens (including phenoxy) is 2. The Balaban J connectivity index is 1.67. The van der Waals surface area contributed by atoms with Crippen LogP contribution in [-0.4, -0.2) is 34.7 Å². The van der Waals surface area contributed by atoms with Crippen LogP contribution in [0.15, 0.2) is 70.2 Å². The molecular weight excluding hydrogens is 534 g/mol. The van der Waals surface area contributed by atoms with Crippen LogP contribution in [0.25, 0.3) is 0 Å². The number of nitrogens with zero attached hydrogens (tertiary/aromatic N) is 2. The second-order valence-electron chi connectivity index (χ2n) is 7.41. The number of hydrogen-bond donors (Lipinski definition) is 2. The summed E-state index contributed by atoms with van der Waals surface area (Å²) in [5.41, 5.74) is 4.10. The lowest BCUT2D eigenvalue weighted by atomic mass is 10.1. The number of hydrazone groups is 1. The van der Waals surface area contributed by atoms with Gasteiger partial charge in [-0.1, -0.05) is 30.3 Å². The van der Waals surface area contributed by atoms with Crippen LogP contribution in [0.1, 0.15) is 34.0 Å². The fraction of sp³-hybridized carbons (Fsp3) is 0.160. The van der Waals surface area contributed by atoms with Crippen LogP contribution in [0, 0.1) is 10.1 Å². The van der Waals surface area contributed by atoms with Crippen LogP contribution >= 0.6 is 15.9 Å². The second-order valence-corrected chi connectivity index (χ2v) is 8.26. The van der Waals surface area contributed by atoms with Crippen molar-refractivity contribution in [2.45, 2.75) is 20.0 Å². The summed E-state index contributed by atoms with van der Waals surface area (Å²) in [7, 11) is 0. The predicted molar refractivity (Wildman–Crippen MR) is 136 cm³/mol. The molecule has 0 bridgehead atoms. The number of halogens is 1. The zero-order valence-electron chi connectivity index (χ0n) is 19.1. The highest BCUT2D eigenvalue weighted by Gasteiger charge is 2.16. The summed E-state index contributed by atoms with van der Waals surface area (Å²) in [6.07, 6.45) is 1.22. The van der Waals surface area contributed by atoms with Crippen molar-refractivity contribution in [1.29, 1.82) is 0 Å². The molecule has 0 aromatic heterocycles. The van der Waals surface area contributed by atoms with Gasteiger partial charge in [0.15, 0.2) is 11.5 Å². The van der Waals surface area contributed by atoms with Crippen molar-refractivity contribution in [1.82, 2.24) is 5.43 Å². The van der Waals surface area contributed by atoms with Gasteiger partial charge in [-0.3, -0.25) is 14.9 Å². The van der Waals surface area contributed by atoms with E-state index in [1.54, 1.807) is 30.3 Å². The molecule has 186 valence electrons. The van der Waals surface area contributed by atoms with Crippen LogP contribution in [0.2, 0.25) is 0 Å². The lowest BCUT2D eigenvalue weighted by Crippen LogP contribution is -2.20. The molecule has 0 spiro atoms. The van der Waals surface area contributed by atoms with Crippen molar-refractivity contribution >= 4 is 39.7 Å². The Morgan fingerprint density at radius 2 is 1.86 bits per heavy atom. The molecule has 3 aromatic carbocycles. The molecule has 3 rings (SSSR count). The SMILES string of the molecule is CCOc1cc(/C=N/NC(=O)Cc2ccccc2[N+](=O)[O-])cc(Br)c1OCc1ccc(C(=O)O)cc1. The molecule has 0 heterocycles. The smallest absolute Gasteiger partial charge is 0.335 e. The molecule has 3 aromatic rings. The van der Waals surface area contributed by atoms with Gasteiger partial charge in [0.25, 0.3) is 5.69 Å². The highest BCUT2D eigenvalue weighted by Crippen LogP contribution is 2.37. The summed E-state index contributed by atoms with van der Waals surface area (Å²) in [6, 6.07) is 15.8. The van der Waals surface area contributed by atoms with E-state index in [0.717, 1.165) is 5.56 Å². The van der Waals surface area contributed by atoms with Crippen molar-refractivity contribution in [3.05, 3.63) is 97.5 Å². The van der Waals surface area contributed by atoms with Crippen LogP contribution in [-0.2, 0) is 17.8 Å². The maximum atomic E-state index is 12.2. The molecule has 1 amide bonds. The van der Waals surface area contributed by atoms with E-state index in [-0.39, 0.29) is 29.8 Å². The van der Waals surface area contributed by atoms with E-state index >= 15 is 0 Å². The molecule has 0 aliphatic carbocycles. The minimum Gasteiger partial charge on any atom is -0.490 e. The van der Waals surface area contributed by atoms with Gasteiger partial charge in [-0.2, -0.15) is 5.10 Å². The number of carboxylic acids is 1. The quantitative estimate of drug-likeness (QED) is 0.198. The molecule has 0 saturated carbocycles. The van der Waals surface area contributed by atoms with Crippen molar-refractivity contribution in [2.75, 3.05) is 6.61 Å². The third-order valence-corrected chi connectivity index (χ3v) is 5.45. The number of hydrogen-bond acceptors (Lipinski definition) is 7. The molecule has 11 heteroatoms. The fourth-order valence-corrected chi connectivity index (χ4v) is 3.77. The van der Waals surface area contributed by atoms with E-state index in [0.29, 0.717) is 28.1 Å². The lowest BCUT2D eigenvalue weighted by Gasteiger charge is -2.15. The number of nitro benzene ring substituents is 1. The number of carbonyl (C=O) groups excluding carboxylic acids is 1. The molecule has 2 N–H and O–H groups in total. The highest BCUT2D eigenvalue weighted by atomic mass is 79.9. The Morgan fingerprint density at radius 3 is 2.53 bits per heavy atom. The number of rotatable bonds is 11. The van der Waals surface area contributed by atoms with Crippen LogP contribution in [0.4, 0.5) is 5.69 Å². The van der Waals surface area contributed by atoms with E-state index in [1.165, 1.54) is 36.5 Å². The summed E-state index contributed by atoms with van der Waals surface area (Å²) in [6.45, 7) is 2.39. The number of para-hydroxylation sites is 1. The van der Waals surface area contributed by atoms with Gasteiger partial charge in [-0.05, 0) is 58.2 Å². The Hall–Kier alpha value is -4.25. The predicted octanol–water partition coefficient (Wildman–Crippen LogP) is 4.73. The zero-order valence-corrected chi connectivity index (χ0v) is 20.7. The van der Waals surface area contributed by atoms with Gasteiger partial charge in [-0.15, -0.1) is 0 Å². The van der Waals surface area contributed by atoms with E-state index in [9.17, 15) is 19.7 Å². The number of nitrogens with one attached hydrogen (secondary N) is 1. The summed E-state index contributed by atoms with van der Waals surface area (Å²) < 4.78 is 12.2. The van der Waals surface area contributed by atoms with Crippen molar-refractivity contribution < 1.29 is 29.1 Å². The first-order valence-corrected chi connectivity index (χ1v) is 11.5. The van der Waals surface area contributed by atoms with Gasteiger partial charge in [0, 0.05) is 11.6 Å². The Bertz CT molecular complexity index is 1290. The largest absolute Gasteiger partial charge is 0.490 e. The Kier molecular flexibility index (Phi) is 9.12. The molecule has 10 nitrogen and oxygen atoms in total. The van der Waals surface area contributed by atoms with Crippen LogP contribution < -0.4 is 14.9 Å². The minimum atomic E-state index is -1.00. The first kappa shape index (κ1) is 26.4. The Morgan fingerprint density at radius 1 is 1.14 bits per heavy atom. The summed E-state index contributed by atoms with van der Waals surface area (Å²) in [5.74, 6) is -0.601. The first-order chi connectivity index (χ1) is 17.3. The molecule has 0 aliphatic heterocycles. The van der Waals surface area contributed by atoms with E-state index in [1.807, 2.05) is 6.92 Å². The first-order valence-electron chi connectivity index (χ1n) is 10.7. The molecule has 0 unspecified atom stereocenters. The van der Waals surface area contributed by atoms with E-state index < -0.39 is 16.8 Å². The number of amides is 1. The summed E-state index contributed by atoms with van der Waals surface area (Å²) in [5, 5.41) is 24.1. The van der Waals surface area contributed by atoms with Gasteiger partial charge >= 0.3 is 5.97 Å². The molecule has 0 aliphatic rings. The molecule has 0 radical (unpaired) electrons.